The van der Waals surface area contributed by atoms with Gasteiger partial charge in [-0.25, -0.2) is 4.98 Å². The summed E-state index contributed by atoms with van der Waals surface area (Å²) in [5, 5.41) is 6.21. The smallest absolute Gasteiger partial charge is 0.262 e. The molecule has 1 N–H and O–H groups in total. The summed E-state index contributed by atoms with van der Waals surface area (Å²) in [5.74, 6) is 0.0982. The molecule has 0 radical (unpaired) electrons. The van der Waals surface area contributed by atoms with Crippen molar-refractivity contribution >= 4 is 45.6 Å². The first-order chi connectivity index (χ1) is 15.7. The fraction of sp³-hybridized carbons (Fsp3) is 0.240. The first-order valence-corrected chi connectivity index (χ1v) is 12.6. The third kappa shape index (κ3) is 4.49. The topological polar surface area (TPSA) is 64.0 Å². The van der Waals surface area contributed by atoms with Gasteiger partial charge >= 0.3 is 0 Å². The Bertz CT molecular complexity index is 1330. The Hall–Kier alpha value is -2.90. The SMILES string of the molecule is O=C(CSc1nc2ccccc2c(=O)n1CCc1cccs1)Nc1ccc2c(c1)CCC2. The van der Waals surface area contributed by atoms with Crippen molar-refractivity contribution in [2.75, 3.05) is 11.1 Å². The number of hydrogen-bond donors (Lipinski definition) is 1. The van der Waals surface area contributed by atoms with Crippen molar-refractivity contribution in [2.24, 2.45) is 0 Å². The van der Waals surface area contributed by atoms with E-state index >= 15 is 0 Å². The number of thiophene rings is 1. The second kappa shape index (κ2) is 9.30. The standard InChI is InChI=1S/C25H23N3O2S2/c29-23(26-19-11-10-17-5-3-6-18(17)15-19)16-32-25-27-22-9-2-1-8-21(22)24(30)28(25)13-12-20-7-4-14-31-20/h1-2,4,7-11,14-15H,3,5-6,12-13,16H2,(H,26,29). The van der Waals surface area contributed by atoms with Crippen molar-refractivity contribution in [2.45, 2.75) is 37.4 Å². The molecule has 2 heterocycles. The summed E-state index contributed by atoms with van der Waals surface area (Å²) in [5.41, 5.74) is 4.14. The van der Waals surface area contributed by atoms with Crippen LogP contribution in [0.5, 0.6) is 0 Å². The molecule has 0 aliphatic heterocycles. The molecular weight excluding hydrogens is 438 g/mol. The number of carbonyl (C=O) groups is 1. The van der Waals surface area contributed by atoms with Gasteiger partial charge in [-0.15, -0.1) is 11.3 Å². The van der Waals surface area contributed by atoms with E-state index in [1.54, 1.807) is 22.0 Å². The van der Waals surface area contributed by atoms with Crippen LogP contribution in [0.2, 0.25) is 0 Å². The normalized spacial score (nSPS) is 12.8. The molecule has 162 valence electrons. The van der Waals surface area contributed by atoms with Crippen LogP contribution in [0.3, 0.4) is 0 Å². The quantitative estimate of drug-likeness (QED) is 0.313. The van der Waals surface area contributed by atoms with E-state index in [9.17, 15) is 9.59 Å². The van der Waals surface area contributed by atoms with Crippen LogP contribution in [-0.4, -0.2) is 21.2 Å². The molecule has 1 aliphatic rings. The van der Waals surface area contributed by atoms with Gasteiger partial charge in [0.05, 0.1) is 16.7 Å². The number of benzene rings is 2. The molecule has 0 saturated carbocycles. The molecule has 1 amide bonds. The van der Waals surface area contributed by atoms with E-state index in [0.29, 0.717) is 22.6 Å². The van der Waals surface area contributed by atoms with Crippen LogP contribution in [-0.2, 0) is 30.6 Å². The van der Waals surface area contributed by atoms with Crippen molar-refractivity contribution in [1.82, 2.24) is 9.55 Å². The number of para-hydroxylation sites is 1. The third-order valence-corrected chi connectivity index (χ3v) is 7.62. The van der Waals surface area contributed by atoms with Gasteiger partial charge in [0, 0.05) is 17.1 Å². The van der Waals surface area contributed by atoms with Crippen LogP contribution in [0.15, 0.2) is 69.9 Å². The van der Waals surface area contributed by atoms with Gasteiger partial charge in [-0.05, 0) is 72.5 Å². The summed E-state index contributed by atoms with van der Waals surface area (Å²) in [4.78, 5) is 31.7. The van der Waals surface area contributed by atoms with Crippen LogP contribution < -0.4 is 10.9 Å². The Labute approximate surface area is 194 Å². The number of thioether (sulfide) groups is 1. The van der Waals surface area contributed by atoms with Gasteiger partial charge in [0.2, 0.25) is 5.91 Å². The molecule has 0 unspecified atom stereocenters. The molecule has 7 heteroatoms. The minimum Gasteiger partial charge on any atom is -0.325 e. The van der Waals surface area contributed by atoms with Gasteiger partial charge in [0.15, 0.2) is 5.16 Å². The highest BCUT2D eigenvalue weighted by Gasteiger charge is 2.15. The maximum Gasteiger partial charge on any atom is 0.262 e. The Kier molecular flexibility index (Phi) is 6.10. The van der Waals surface area contributed by atoms with Crippen molar-refractivity contribution in [3.63, 3.8) is 0 Å². The zero-order chi connectivity index (χ0) is 21.9. The monoisotopic (exact) mass is 461 g/mol. The van der Waals surface area contributed by atoms with E-state index in [1.165, 1.54) is 34.2 Å². The number of hydrogen-bond acceptors (Lipinski definition) is 5. The molecule has 0 bridgehead atoms. The van der Waals surface area contributed by atoms with Gasteiger partial charge in [0.1, 0.15) is 0 Å². The molecule has 0 atom stereocenters. The number of nitrogens with zero attached hydrogens (tertiary/aromatic N) is 2. The van der Waals surface area contributed by atoms with Crippen molar-refractivity contribution in [3.05, 3.63) is 86.3 Å². The van der Waals surface area contributed by atoms with Gasteiger partial charge < -0.3 is 5.32 Å². The molecule has 0 saturated heterocycles. The number of fused-ring (bicyclic) bond motifs is 2. The molecular formula is C25H23N3O2S2. The van der Waals surface area contributed by atoms with Crippen molar-refractivity contribution in [1.29, 1.82) is 0 Å². The molecule has 0 fully saturated rings. The van der Waals surface area contributed by atoms with E-state index in [1.807, 2.05) is 35.7 Å². The fourth-order valence-electron chi connectivity index (χ4n) is 4.11. The Morgan fingerprint density at radius 2 is 1.97 bits per heavy atom. The largest absolute Gasteiger partial charge is 0.325 e. The number of carbonyl (C=O) groups excluding carboxylic acids is 1. The molecule has 5 nitrogen and oxygen atoms in total. The van der Waals surface area contributed by atoms with Gasteiger partial charge in [0.25, 0.3) is 5.56 Å². The molecule has 4 aromatic rings. The van der Waals surface area contributed by atoms with Crippen molar-refractivity contribution < 1.29 is 4.79 Å². The number of rotatable bonds is 7. The van der Waals surface area contributed by atoms with Crippen LogP contribution in [0.4, 0.5) is 5.69 Å². The Balaban J connectivity index is 1.34. The fourth-order valence-corrected chi connectivity index (χ4v) is 5.63. The summed E-state index contributed by atoms with van der Waals surface area (Å²) in [6.07, 6.45) is 4.13. The zero-order valence-electron chi connectivity index (χ0n) is 17.5. The highest BCUT2D eigenvalue weighted by atomic mass is 32.2. The lowest BCUT2D eigenvalue weighted by molar-refractivity contribution is -0.113. The summed E-state index contributed by atoms with van der Waals surface area (Å²) in [7, 11) is 0. The maximum absolute atomic E-state index is 13.2. The third-order valence-electron chi connectivity index (χ3n) is 5.70. The average Bonchev–Trinajstić information content (AvgIpc) is 3.49. The van der Waals surface area contributed by atoms with Crippen LogP contribution >= 0.6 is 23.1 Å². The summed E-state index contributed by atoms with van der Waals surface area (Å²) >= 11 is 2.99. The van der Waals surface area contributed by atoms with E-state index in [0.717, 1.165) is 24.9 Å². The predicted octanol–water partition coefficient (Wildman–Crippen LogP) is 4.92. The molecule has 5 rings (SSSR count). The Morgan fingerprint density at radius 1 is 1.09 bits per heavy atom. The van der Waals surface area contributed by atoms with E-state index < -0.39 is 0 Å². The van der Waals surface area contributed by atoms with Gasteiger partial charge in [-0.3, -0.25) is 14.2 Å². The number of anilines is 1. The Morgan fingerprint density at radius 3 is 2.84 bits per heavy atom. The summed E-state index contributed by atoms with van der Waals surface area (Å²) in [6.45, 7) is 0.534. The first-order valence-electron chi connectivity index (χ1n) is 10.7. The lowest BCUT2D eigenvalue weighted by Crippen LogP contribution is -2.25. The van der Waals surface area contributed by atoms with Crippen LogP contribution in [0, 0.1) is 0 Å². The summed E-state index contributed by atoms with van der Waals surface area (Å²) in [6, 6.07) is 17.6. The average molecular weight is 462 g/mol. The number of aryl methyl sites for hydroxylation is 3. The minimum atomic E-state index is -0.0971. The second-order valence-corrected chi connectivity index (χ2v) is 9.85. The van der Waals surface area contributed by atoms with E-state index in [-0.39, 0.29) is 17.2 Å². The minimum absolute atomic E-state index is 0.0614. The van der Waals surface area contributed by atoms with E-state index in [2.05, 4.69) is 23.5 Å². The van der Waals surface area contributed by atoms with Crippen molar-refractivity contribution in [3.8, 4) is 0 Å². The lowest BCUT2D eigenvalue weighted by Gasteiger charge is -2.13. The summed E-state index contributed by atoms with van der Waals surface area (Å²) < 4.78 is 1.70. The lowest BCUT2D eigenvalue weighted by atomic mass is 10.1. The zero-order valence-corrected chi connectivity index (χ0v) is 19.2. The molecule has 32 heavy (non-hydrogen) atoms. The number of amides is 1. The molecule has 2 aromatic carbocycles. The van der Waals surface area contributed by atoms with Crippen LogP contribution in [0.25, 0.3) is 10.9 Å². The number of aromatic nitrogens is 2. The van der Waals surface area contributed by atoms with Crippen LogP contribution in [0.1, 0.15) is 22.4 Å². The highest BCUT2D eigenvalue weighted by molar-refractivity contribution is 7.99. The van der Waals surface area contributed by atoms with Gasteiger partial charge in [-0.1, -0.05) is 36.0 Å². The molecule has 0 spiro atoms. The second-order valence-electron chi connectivity index (χ2n) is 7.87. The predicted molar refractivity (Wildman–Crippen MR) is 132 cm³/mol. The maximum atomic E-state index is 13.2. The molecule has 1 aliphatic carbocycles. The number of nitrogens with one attached hydrogen (secondary N) is 1. The molecule has 2 aromatic heterocycles. The highest BCUT2D eigenvalue weighted by Crippen LogP contribution is 2.25. The van der Waals surface area contributed by atoms with Gasteiger partial charge in [-0.2, -0.15) is 0 Å². The first kappa shape index (κ1) is 21.0. The van der Waals surface area contributed by atoms with E-state index in [4.69, 9.17) is 4.98 Å².